The fraction of sp³-hybridized carbons (Fsp3) is 0.600. The van der Waals surface area contributed by atoms with Crippen molar-refractivity contribution in [3.8, 4) is 0 Å². The smallest absolute Gasteiger partial charge is 0.410 e. The molecule has 1 aliphatic heterocycles. The zero-order valence-electron chi connectivity index (χ0n) is 14.1. The summed E-state index contributed by atoms with van der Waals surface area (Å²) in [4.78, 5) is 15.8. The van der Waals surface area contributed by atoms with Crippen LogP contribution in [0.5, 0.6) is 0 Å². The summed E-state index contributed by atoms with van der Waals surface area (Å²) in [6.45, 7) is 8.93. The molecule has 3 rings (SSSR count). The van der Waals surface area contributed by atoms with Crippen LogP contribution in [0, 0.1) is 6.92 Å². The van der Waals surface area contributed by atoms with Crippen molar-refractivity contribution < 1.29 is 9.53 Å². The van der Waals surface area contributed by atoms with Crippen LogP contribution in [0.25, 0.3) is 5.65 Å². The predicted molar refractivity (Wildman–Crippen MR) is 85.5 cm³/mol. The molecule has 0 spiro atoms. The number of amides is 1. The summed E-state index contributed by atoms with van der Waals surface area (Å²) in [7, 11) is 1.77. The van der Waals surface area contributed by atoms with Crippen LogP contribution in [0.2, 0.25) is 0 Å². The van der Waals surface area contributed by atoms with E-state index in [1.807, 2.05) is 39.8 Å². The summed E-state index contributed by atoms with van der Waals surface area (Å²) in [5.41, 5.74) is 0.252. The molecule has 0 bridgehead atoms. The Morgan fingerprint density at radius 1 is 1.30 bits per heavy atom. The normalized spacial score (nSPS) is 15.6. The Morgan fingerprint density at radius 3 is 2.65 bits per heavy atom. The molecule has 2 aromatic heterocycles. The van der Waals surface area contributed by atoms with Gasteiger partial charge in [-0.05, 0) is 39.8 Å². The van der Waals surface area contributed by atoms with Gasteiger partial charge in [-0.2, -0.15) is 4.52 Å². The van der Waals surface area contributed by atoms with Crippen LogP contribution in [0.4, 0.5) is 10.6 Å². The highest BCUT2D eigenvalue weighted by Gasteiger charge is 2.35. The first-order valence-corrected chi connectivity index (χ1v) is 7.64. The number of fused-ring (bicyclic) bond motifs is 1. The van der Waals surface area contributed by atoms with Gasteiger partial charge >= 0.3 is 6.09 Å². The lowest BCUT2D eigenvalue weighted by Crippen LogP contribution is -2.60. The summed E-state index contributed by atoms with van der Waals surface area (Å²) in [6.07, 6.45) is -0.291. The number of hydrogen-bond donors (Lipinski definition) is 0. The Hall–Kier alpha value is -2.38. The molecule has 124 valence electrons. The molecule has 8 nitrogen and oxygen atoms in total. The zero-order chi connectivity index (χ0) is 16.8. The lowest BCUT2D eigenvalue weighted by atomic mass is 10.1. The Kier molecular flexibility index (Phi) is 3.62. The van der Waals surface area contributed by atoms with Gasteiger partial charge in [-0.25, -0.2) is 4.79 Å². The van der Waals surface area contributed by atoms with E-state index in [1.54, 1.807) is 16.5 Å². The maximum atomic E-state index is 12.1. The van der Waals surface area contributed by atoms with Gasteiger partial charge in [0.1, 0.15) is 11.4 Å². The van der Waals surface area contributed by atoms with Gasteiger partial charge in [0.2, 0.25) is 0 Å². The molecule has 0 N–H and O–H groups in total. The third-order valence-electron chi connectivity index (χ3n) is 3.82. The maximum absolute atomic E-state index is 12.1. The van der Waals surface area contributed by atoms with Crippen LogP contribution in [-0.4, -0.2) is 62.6 Å². The quantitative estimate of drug-likeness (QED) is 0.835. The number of carbonyl (C=O) groups is 1. The van der Waals surface area contributed by atoms with Gasteiger partial charge < -0.3 is 14.5 Å². The van der Waals surface area contributed by atoms with Crippen molar-refractivity contribution in [2.45, 2.75) is 39.3 Å². The van der Waals surface area contributed by atoms with Crippen LogP contribution in [0.3, 0.4) is 0 Å². The summed E-state index contributed by atoms with van der Waals surface area (Å²) in [5.74, 6) is 1.61. The largest absolute Gasteiger partial charge is 0.444 e. The van der Waals surface area contributed by atoms with Crippen LogP contribution in [-0.2, 0) is 4.74 Å². The molecule has 0 aliphatic carbocycles. The molecule has 2 aromatic rings. The lowest BCUT2D eigenvalue weighted by molar-refractivity contribution is 0.0196. The van der Waals surface area contributed by atoms with E-state index >= 15 is 0 Å². The first-order valence-electron chi connectivity index (χ1n) is 7.64. The Bertz CT molecular complexity index is 729. The van der Waals surface area contributed by atoms with Crippen molar-refractivity contribution >= 4 is 17.6 Å². The number of carbonyl (C=O) groups excluding carboxylic acids is 1. The predicted octanol–water partition coefficient (Wildman–Crippen LogP) is 1.49. The number of nitrogens with zero attached hydrogens (tertiary/aromatic N) is 6. The minimum Gasteiger partial charge on any atom is -0.444 e. The van der Waals surface area contributed by atoms with E-state index in [-0.39, 0.29) is 12.1 Å². The first kappa shape index (κ1) is 15.5. The number of rotatable bonds is 2. The number of likely N-dealkylation sites (N-methyl/N-ethyl adjacent to an activating group) is 1. The van der Waals surface area contributed by atoms with Gasteiger partial charge in [0.25, 0.3) is 0 Å². The third kappa shape index (κ3) is 3.06. The summed E-state index contributed by atoms with van der Waals surface area (Å²) < 4.78 is 7.11. The molecular weight excluding hydrogens is 296 g/mol. The molecule has 1 fully saturated rings. The molecule has 0 aromatic carbocycles. The molecule has 1 saturated heterocycles. The van der Waals surface area contributed by atoms with Crippen LogP contribution in [0.1, 0.15) is 26.6 Å². The highest BCUT2D eigenvalue weighted by atomic mass is 16.6. The molecule has 1 aliphatic rings. The van der Waals surface area contributed by atoms with Crippen molar-refractivity contribution in [1.29, 1.82) is 0 Å². The van der Waals surface area contributed by atoms with Crippen LogP contribution < -0.4 is 4.90 Å². The molecule has 23 heavy (non-hydrogen) atoms. The topological polar surface area (TPSA) is 75.9 Å². The van der Waals surface area contributed by atoms with E-state index < -0.39 is 5.60 Å². The Balaban J connectivity index is 1.63. The molecule has 0 saturated carbocycles. The number of aryl methyl sites for hydroxylation is 1. The van der Waals surface area contributed by atoms with Crippen molar-refractivity contribution in [2.75, 3.05) is 25.0 Å². The minimum atomic E-state index is -0.479. The second-order valence-electron chi connectivity index (χ2n) is 6.86. The number of aromatic nitrogens is 4. The molecule has 3 heterocycles. The number of hydrogen-bond acceptors (Lipinski definition) is 6. The molecule has 0 unspecified atom stereocenters. The SMILES string of the molecule is Cc1nnc2ccc(N3CC(N(C)C(=O)OC(C)(C)C)C3)nn12. The van der Waals surface area contributed by atoms with Crippen molar-refractivity contribution in [3.63, 3.8) is 0 Å². The molecular formula is C15H22N6O2. The standard InChI is InChI=1S/C15H22N6O2/c1-10-16-17-12-6-7-13(18-21(10)12)20-8-11(9-20)19(5)14(22)23-15(2,3)4/h6-7,11H,8-9H2,1-5H3. The van der Waals surface area contributed by atoms with E-state index in [4.69, 9.17) is 4.74 Å². The Labute approximate surface area is 135 Å². The molecule has 1 amide bonds. The van der Waals surface area contributed by atoms with E-state index in [9.17, 15) is 4.79 Å². The minimum absolute atomic E-state index is 0.129. The summed E-state index contributed by atoms with van der Waals surface area (Å²) in [6, 6.07) is 3.95. The second-order valence-corrected chi connectivity index (χ2v) is 6.86. The fourth-order valence-corrected chi connectivity index (χ4v) is 2.43. The van der Waals surface area contributed by atoms with Crippen molar-refractivity contribution in [3.05, 3.63) is 18.0 Å². The van der Waals surface area contributed by atoms with Gasteiger partial charge in [0, 0.05) is 20.1 Å². The lowest BCUT2D eigenvalue weighted by Gasteiger charge is -2.44. The number of ether oxygens (including phenoxy) is 1. The third-order valence-corrected chi connectivity index (χ3v) is 3.82. The van der Waals surface area contributed by atoms with Crippen LogP contribution >= 0.6 is 0 Å². The van der Waals surface area contributed by atoms with Gasteiger partial charge in [-0.3, -0.25) is 0 Å². The number of anilines is 1. The summed E-state index contributed by atoms with van der Waals surface area (Å²) in [5, 5.41) is 12.6. The van der Waals surface area contributed by atoms with Crippen molar-refractivity contribution in [1.82, 2.24) is 24.7 Å². The van der Waals surface area contributed by atoms with Gasteiger partial charge in [0.15, 0.2) is 11.5 Å². The van der Waals surface area contributed by atoms with E-state index in [0.717, 1.165) is 30.4 Å². The monoisotopic (exact) mass is 318 g/mol. The Morgan fingerprint density at radius 2 is 2.00 bits per heavy atom. The maximum Gasteiger partial charge on any atom is 0.410 e. The average molecular weight is 318 g/mol. The van der Waals surface area contributed by atoms with Crippen molar-refractivity contribution in [2.24, 2.45) is 0 Å². The van der Waals surface area contributed by atoms with Gasteiger partial charge in [0.05, 0.1) is 6.04 Å². The average Bonchev–Trinajstić information content (AvgIpc) is 2.76. The highest BCUT2D eigenvalue weighted by molar-refractivity contribution is 5.69. The van der Waals surface area contributed by atoms with E-state index in [2.05, 4.69) is 20.2 Å². The highest BCUT2D eigenvalue weighted by Crippen LogP contribution is 2.22. The summed E-state index contributed by atoms with van der Waals surface area (Å²) >= 11 is 0. The second kappa shape index (κ2) is 5.36. The van der Waals surface area contributed by atoms with E-state index in [1.165, 1.54) is 0 Å². The van der Waals surface area contributed by atoms with Gasteiger partial charge in [-0.15, -0.1) is 15.3 Å². The first-order chi connectivity index (χ1) is 10.7. The molecule has 0 radical (unpaired) electrons. The zero-order valence-corrected chi connectivity index (χ0v) is 14.1. The van der Waals surface area contributed by atoms with Crippen LogP contribution in [0.15, 0.2) is 12.1 Å². The van der Waals surface area contributed by atoms with E-state index in [0.29, 0.717) is 0 Å². The molecule has 8 heteroatoms. The van der Waals surface area contributed by atoms with Gasteiger partial charge in [-0.1, -0.05) is 0 Å². The molecule has 0 atom stereocenters. The fourth-order valence-electron chi connectivity index (χ4n) is 2.43.